The molecule has 1 heterocycles. The van der Waals surface area contributed by atoms with Gasteiger partial charge in [0.25, 0.3) is 0 Å². The van der Waals surface area contributed by atoms with Crippen LogP contribution in [0, 0.1) is 0 Å². The van der Waals surface area contributed by atoms with E-state index in [1.807, 2.05) is 26.0 Å². The molecule has 1 aliphatic rings. The monoisotopic (exact) mass is 341 g/mol. The maximum atomic E-state index is 12.9. The molecule has 0 N–H and O–H groups in total. The Balaban J connectivity index is 2.05. The molecular weight excluding hydrogens is 314 g/mol. The Kier molecular flexibility index (Phi) is 6.59. The molecule has 5 nitrogen and oxygen atoms in total. The fraction of sp³-hybridized carbons (Fsp3) is 0.647. The molecule has 0 saturated carbocycles. The number of hydrogen-bond donors (Lipinski definition) is 0. The molecule has 1 aliphatic heterocycles. The van der Waals surface area contributed by atoms with E-state index in [0.717, 1.165) is 18.4 Å². The largest absolute Gasteiger partial charge is 0.382 e. The highest BCUT2D eigenvalue weighted by Gasteiger charge is 2.31. The van der Waals surface area contributed by atoms with E-state index in [-0.39, 0.29) is 12.0 Å². The summed E-state index contributed by atoms with van der Waals surface area (Å²) in [6, 6.07) is 7.30. The molecule has 0 aliphatic carbocycles. The van der Waals surface area contributed by atoms with Gasteiger partial charge >= 0.3 is 0 Å². The van der Waals surface area contributed by atoms with Gasteiger partial charge in [0.05, 0.1) is 24.2 Å². The molecule has 1 fully saturated rings. The molecule has 1 aromatic rings. The zero-order valence-corrected chi connectivity index (χ0v) is 15.0. The van der Waals surface area contributed by atoms with Crippen molar-refractivity contribution in [2.24, 2.45) is 0 Å². The lowest BCUT2D eigenvalue weighted by Crippen LogP contribution is -2.41. The molecule has 6 heteroatoms. The predicted octanol–water partition coefficient (Wildman–Crippen LogP) is 2.63. The minimum Gasteiger partial charge on any atom is -0.382 e. The fourth-order valence-electron chi connectivity index (χ4n) is 2.87. The van der Waals surface area contributed by atoms with Gasteiger partial charge in [-0.2, -0.15) is 4.31 Å². The number of sulfonamides is 1. The zero-order valence-electron chi connectivity index (χ0n) is 14.2. The van der Waals surface area contributed by atoms with Crippen LogP contribution in [0.1, 0.15) is 38.2 Å². The first-order valence-electron chi connectivity index (χ1n) is 8.16. The fourth-order valence-corrected chi connectivity index (χ4v) is 4.69. The number of benzene rings is 1. The molecule has 0 unspecified atom stereocenters. The van der Waals surface area contributed by atoms with Crippen molar-refractivity contribution in [2.45, 2.75) is 43.6 Å². The molecule has 1 aromatic carbocycles. The molecule has 0 amide bonds. The molecule has 2 rings (SSSR count). The van der Waals surface area contributed by atoms with E-state index in [9.17, 15) is 8.42 Å². The summed E-state index contributed by atoms with van der Waals surface area (Å²) in [5, 5.41) is 0. The van der Waals surface area contributed by atoms with Crippen LogP contribution in [0.15, 0.2) is 29.2 Å². The highest BCUT2D eigenvalue weighted by molar-refractivity contribution is 7.89. The lowest BCUT2D eigenvalue weighted by Gasteiger charge is -2.31. The minimum atomic E-state index is -3.43. The van der Waals surface area contributed by atoms with Crippen molar-refractivity contribution in [2.75, 3.05) is 33.4 Å². The average Bonchev–Trinajstić information content (AvgIpc) is 2.55. The van der Waals surface area contributed by atoms with Gasteiger partial charge in [0, 0.05) is 20.2 Å². The Morgan fingerprint density at radius 2 is 1.83 bits per heavy atom. The van der Waals surface area contributed by atoms with Crippen LogP contribution >= 0.6 is 0 Å². The Morgan fingerprint density at radius 1 is 1.17 bits per heavy atom. The zero-order chi connectivity index (χ0) is 16.9. The van der Waals surface area contributed by atoms with Gasteiger partial charge in [0.15, 0.2) is 0 Å². The average molecular weight is 341 g/mol. The van der Waals surface area contributed by atoms with Crippen molar-refractivity contribution in [1.82, 2.24) is 4.31 Å². The van der Waals surface area contributed by atoms with Gasteiger partial charge in [-0.15, -0.1) is 0 Å². The van der Waals surface area contributed by atoms with Gasteiger partial charge in [-0.3, -0.25) is 0 Å². The van der Waals surface area contributed by atoms with Crippen LogP contribution < -0.4 is 0 Å². The molecule has 0 spiro atoms. The summed E-state index contributed by atoms with van der Waals surface area (Å²) >= 11 is 0. The van der Waals surface area contributed by atoms with E-state index < -0.39 is 10.0 Å². The molecular formula is C17H27NO4S. The summed E-state index contributed by atoms with van der Waals surface area (Å²) in [5.41, 5.74) is 0.881. The number of piperidine rings is 1. The lowest BCUT2D eigenvalue weighted by molar-refractivity contribution is -0.00502. The third-order valence-electron chi connectivity index (χ3n) is 4.20. The molecule has 23 heavy (non-hydrogen) atoms. The summed E-state index contributed by atoms with van der Waals surface area (Å²) in [4.78, 5) is 0.439. The smallest absolute Gasteiger partial charge is 0.243 e. The van der Waals surface area contributed by atoms with Crippen LogP contribution in [0.5, 0.6) is 0 Å². The number of rotatable bonds is 7. The minimum absolute atomic E-state index is 0.122. The van der Waals surface area contributed by atoms with Crippen LogP contribution in [0.2, 0.25) is 0 Å². The van der Waals surface area contributed by atoms with Crippen molar-refractivity contribution < 1.29 is 17.9 Å². The van der Waals surface area contributed by atoms with E-state index in [1.165, 1.54) is 0 Å². The van der Waals surface area contributed by atoms with Crippen LogP contribution in [-0.4, -0.2) is 52.2 Å². The summed E-state index contributed by atoms with van der Waals surface area (Å²) < 4.78 is 38.2. The second-order valence-corrected chi connectivity index (χ2v) is 8.07. The molecule has 0 atom stereocenters. The molecule has 130 valence electrons. The van der Waals surface area contributed by atoms with Crippen molar-refractivity contribution in [3.8, 4) is 0 Å². The maximum absolute atomic E-state index is 12.9. The molecule has 1 saturated heterocycles. The highest BCUT2D eigenvalue weighted by atomic mass is 32.2. The molecule has 0 radical (unpaired) electrons. The van der Waals surface area contributed by atoms with Gasteiger partial charge in [-0.1, -0.05) is 32.0 Å². The predicted molar refractivity (Wildman–Crippen MR) is 90.1 cm³/mol. The summed E-state index contributed by atoms with van der Waals surface area (Å²) in [6.45, 7) is 6.18. The summed E-state index contributed by atoms with van der Waals surface area (Å²) in [7, 11) is -1.79. The van der Waals surface area contributed by atoms with Crippen molar-refractivity contribution in [1.29, 1.82) is 0 Å². The van der Waals surface area contributed by atoms with E-state index in [4.69, 9.17) is 9.47 Å². The quantitative estimate of drug-likeness (QED) is 0.716. The first-order chi connectivity index (χ1) is 11.0. The van der Waals surface area contributed by atoms with Crippen LogP contribution in [0.25, 0.3) is 0 Å². The van der Waals surface area contributed by atoms with E-state index >= 15 is 0 Å². The topological polar surface area (TPSA) is 55.8 Å². The first kappa shape index (κ1) is 18.4. The van der Waals surface area contributed by atoms with E-state index in [2.05, 4.69) is 0 Å². The van der Waals surface area contributed by atoms with Gasteiger partial charge in [0.1, 0.15) is 0 Å². The van der Waals surface area contributed by atoms with Crippen LogP contribution in [0.4, 0.5) is 0 Å². The van der Waals surface area contributed by atoms with E-state index in [1.54, 1.807) is 23.5 Å². The third-order valence-corrected chi connectivity index (χ3v) is 6.17. The summed E-state index contributed by atoms with van der Waals surface area (Å²) in [5.74, 6) is 0.177. The van der Waals surface area contributed by atoms with Gasteiger partial charge < -0.3 is 9.47 Å². The van der Waals surface area contributed by atoms with Crippen molar-refractivity contribution >= 4 is 10.0 Å². The van der Waals surface area contributed by atoms with Crippen LogP contribution in [-0.2, 0) is 19.5 Å². The van der Waals surface area contributed by atoms with Gasteiger partial charge in [0.2, 0.25) is 10.0 Å². The van der Waals surface area contributed by atoms with Crippen molar-refractivity contribution in [3.63, 3.8) is 0 Å². The second-order valence-electron chi connectivity index (χ2n) is 6.16. The normalized spacial score (nSPS) is 17.7. The highest BCUT2D eigenvalue weighted by Crippen LogP contribution is 2.28. The Labute approximate surface area is 139 Å². The molecule has 0 bridgehead atoms. The van der Waals surface area contributed by atoms with Gasteiger partial charge in [-0.25, -0.2) is 8.42 Å². The van der Waals surface area contributed by atoms with E-state index in [0.29, 0.717) is 31.2 Å². The first-order valence-corrected chi connectivity index (χ1v) is 9.60. The standard InChI is InChI=1S/C17H27NO4S/c1-14(2)16-6-4-5-7-17(16)23(19,20)18-10-8-15(9-11-18)22-13-12-21-3/h4-7,14-15H,8-13H2,1-3H3. The summed E-state index contributed by atoms with van der Waals surface area (Å²) in [6.07, 6.45) is 1.58. The maximum Gasteiger partial charge on any atom is 0.243 e. The van der Waals surface area contributed by atoms with Gasteiger partial charge in [-0.05, 0) is 30.4 Å². The Bertz CT molecular complexity index is 592. The number of hydrogen-bond acceptors (Lipinski definition) is 4. The number of methoxy groups -OCH3 is 1. The number of ether oxygens (including phenoxy) is 2. The SMILES string of the molecule is COCCOC1CCN(S(=O)(=O)c2ccccc2C(C)C)CC1. The van der Waals surface area contributed by atoms with Crippen LogP contribution in [0.3, 0.4) is 0 Å². The number of nitrogens with zero attached hydrogens (tertiary/aromatic N) is 1. The lowest BCUT2D eigenvalue weighted by atomic mass is 10.0. The third kappa shape index (κ3) is 4.53. The second kappa shape index (κ2) is 8.24. The Hall–Kier alpha value is -0.950. The Morgan fingerprint density at radius 3 is 2.43 bits per heavy atom. The molecule has 0 aromatic heterocycles. The van der Waals surface area contributed by atoms with Crippen molar-refractivity contribution in [3.05, 3.63) is 29.8 Å².